The molecule has 5 heterocycles. The fourth-order valence-corrected chi connectivity index (χ4v) is 7.20. The summed E-state index contributed by atoms with van der Waals surface area (Å²) in [5, 5.41) is 7.15. The van der Waals surface area contributed by atoms with Crippen molar-refractivity contribution in [1.82, 2.24) is 30.2 Å². The third-order valence-electron chi connectivity index (χ3n) is 9.26. The minimum absolute atomic E-state index is 0.0488. The Morgan fingerprint density at radius 1 is 1.00 bits per heavy atom. The molecule has 0 radical (unpaired) electrons. The number of likely N-dealkylation sites (tertiary alicyclic amines) is 1. The normalized spacial score (nSPS) is 25.3. The van der Waals surface area contributed by atoms with Crippen molar-refractivity contribution >= 4 is 39.2 Å². The van der Waals surface area contributed by atoms with Gasteiger partial charge >= 0.3 is 6.01 Å². The average Bonchev–Trinajstić information content (AvgIpc) is 3.50. The lowest BCUT2D eigenvalue weighted by Crippen LogP contribution is -2.51. The van der Waals surface area contributed by atoms with Gasteiger partial charge in [0.25, 0.3) is 0 Å². The second-order valence-electron chi connectivity index (χ2n) is 12.4. The molecule has 0 amide bonds. The van der Waals surface area contributed by atoms with Crippen LogP contribution < -0.4 is 15.0 Å². The zero-order chi connectivity index (χ0) is 27.6. The summed E-state index contributed by atoms with van der Waals surface area (Å²) in [5.41, 5.74) is 1.48. The zero-order valence-electron chi connectivity index (χ0n) is 22.9. The maximum Gasteiger partial charge on any atom is 0.320 e. The first-order valence-electron chi connectivity index (χ1n) is 14.7. The number of ether oxygens (including phenoxy) is 1. The van der Waals surface area contributed by atoms with Crippen LogP contribution in [-0.2, 0) is 0 Å². The molecule has 1 saturated carbocycles. The Labute approximate surface area is 243 Å². The Morgan fingerprint density at radius 3 is 2.56 bits per heavy atom. The minimum atomic E-state index is -0.710. The number of fused-ring (bicyclic) bond motifs is 4. The maximum absolute atomic E-state index is 13.8. The lowest BCUT2D eigenvalue weighted by Gasteiger charge is -2.34. The topological polar surface area (TPSA) is 79.3 Å². The zero-order valence-corrected chi connectivity index (χ0v) is 23.7. The van der Waals surface area contributed by atoms with Gasteiger partial charge in [-0.25, -0.2) is 14.4 Å². The van der Waals surface area contributed by atoms with Gasteiger partial charge in [-0.15, -0.1) is 0 Å². The Balaban J connectivity index is 1.16. The molecule has 3 atom stereocenters. The number of hydrogen-bond donors (Lipinski definition) is 1. The van der Waals surface area contributed by atoms with Gasteiger partial charge in [-0.3, -0.25) is 4.90 Å². The number of alkyl halides is 1. The van der Waals surface area contributed by atoms with Crippen LogP contribution in [0, 0.1) is 5.41 Å². The quantitative estimate of drug-likeness (QED) is 0.330. The first-order valence-corrected chi connectivity index (χ1v) is 15.1. The van der Waals surface area contributed by atoms with Gasteiger partial charge in [0.2, 0.25) is 0 Å². The van der Waals surface area contributed by atoms with Crippen LogP contribution in [0.1, 0.15) is 32.1 Å². The Bertz CT molecular complexity index is 1610. The monoisotopic (exact) mass is 573 g/mol. The molecule has 3 aliphatic heterocycles. The predicted octanol–water partition coefficient (Wildman–Crippen LogP) is 5.04. The summed E-state index contributed by atoms with van der Waals surface area (Å²) in [7, 11) is 0. The van der Waals surface area contributed by atoms with Crippen molar-refractivity contribution in [3.63, 3.8) is 0 Å². The Kier molecular flexibility index (Phi) is 6.23. The van der Waals surface area contributed by atoms with Gasteiger partial charge in [0.15, 0.2) is 11.5 Å². The van der Waals surface area contributed by atoms with E-state index in [0.29, 0.717) is 54.2 Å². The molecule has 8 nitrogen and oxygen atoms in total. The van der Waals surface area contributed by atoms with Crippen LogP contribution in [0.25, 0.3) is 33.2 Å². The third-order valence-corrected chi connectivity index (χ3v) is 9.58. The molecule has 2 unspecified atom stereocenters. The molecule has 41 heavy (non-hydrogen) atoms. The SMILES string of the molecule is F[C@@H]1CCN(CC2(COc3nc(N4CC5CCC(C4)N5)c4cnc(-c5cccc6cccc(Cl)c56)nc4n3)CC2)C1. The second kappa shape index (κ2) is 10.00. The van der Waals surface area contributed by atoms with Crippen LogP contribution in [0.5, 0.6) is 6.01 Å². The van der Waals surface area contributed by atoms with Gasteiger partial charge in [-0.1, -0.05) is 41.9 Å². The van der Waals surface area contributed by atoms with E-state index >= 15 is 0 Å². The highest BCUT2D eigenvalue weighted by molar-refractivity contribution is 6.36. The van der Waals surface area contributed by atoms with Gasteiger partial charge in [0, 0.05) is 72.4 Å². The number of rotatable bonds is 7. The molecule has 2 aromatic heterocycles. The van der Waals surface area contributed by atoms with E-state index in [1.807, 2.05) is 42.6 Å². The fourth-order valence-electron chi connectivity index (χ4n) is 6.91. The van der Waals surface area contributed by atoms with Crippen LogP contribution in [0.4, 0.5) is 10.2 Å². The molecule has 1 aliphatic carbocycles. The third kappa shape index (κ3) is 4.87. The summed E-state index contributed by atoms with van der Waals surface area (Å²) in [5.74, 6) is 1.40. The van der Waals surface area contributed by atoms with Crippen molar-refractivity contribution in [3.05, 3.63) is 47.6 Å². The van der Waals surface area contributed by atoms with E-state index in [9.17, 15) is 4.39 Å². The number of halogens is 2. The average molecular weight is 574 g/mol. The van der Waals surface area contributed by atoms with Gasteiger partial charge in [-0.2, -0.15) is 9.97 Å². The van der Waals surface area contributed by atoms with Crippen LogP contribution in [-0.4, -0.2) is 82.4 Å². The molecule has 4 aliphatic rings. The van der Waals surface area contributed by atoms with E-state index < -0.39 is 6.17 Å². The van der Waals surface area contributed by atoms with Crippen molar-refractivity contribution in [2.75, 3.05) is 44.2 Å². The number of nitrogens with zero attached hydrogens (tertiary/aromatic N) is 6. The number of piperazine rings is 1. The lowest BCUT2D eigenvalue weighted by atomic mass is 10.0. The molecule has 2 aromatic carbocycles. The van der Waals surface area contributed by atoms with E-state index in [4.69, 9.17) is 36.3 Å². The van der Waals surface area contributed by atoms with Gasteiger partial charge < -0.3 is 15.0 Å². The van der Waals surface area contributed by atoms with Gasteiger partial charge in [0.1, 0.15) is 12.0 Å². The van der Waals surface area contributed by atoms with Crippen LogP contribution in [0.2, 0.25) is 5.02 Å². The second-order valence-corrected chi connectivity index (χ2v) is 12.8. The smallest absolute Gasteiger partial charge is 0.320 e. The number of nitrogens with one attached hydrogen (secondary N) is 1. The molecule has 212 valence electrons. The molecular weight excluding hydrogens is 541 g/mol. The van der Waals surface area contributed by atoms with E-state index in [2.05, 4.69) is 15.1 Å². The molecule has 3 saturated heterocycles. The summed E-state index contributed by atoms with van der Waals surface area (Å²) in [6.45, 7) is 4.50. The summed E-state index contributed by atoms with van der Waals surface area (Å²) in [6, 6.07) is 13.2. The highest BCUT2D eigenvalue weighted by Crippen LogP contribution is 2.47. The summed E-state index contributed by atoms with van der Waals surface area (Å²) < 4.78 is 20.1. The lowest BCUT2D eigenvalue weighted by molar-refractivity contribution is 0.165. The van der Waals surface area contributed by atoms with E-state index in [0.717, 1.165) is 66.6 Å². The van der Waals surface area contributed by atoms with Gasteiger partial charge in [-0.05, 0) is 43.6 Å². The number of anilines is 1. The molecule has 2 bridgehead atoms. The Morgan fingerprint density at radius 2 is 1.80 bits per heavy atom. The number of hydrogen-bond acceptors (Lipinski definition) is 8. The van der Waals surface area contributed by atoms with E-state index in [-0.39, 0.29) is 5.41 Å². The fraction of sp³-hybridized carbons (Fsp3) is 0.484. The summed E-state index contributed by atoms with van der Waals surface area (Å²) >= 11 is 6.64. The van der Waals surface area contributed by atoms with E-state index in [1.54, 1.807) is 0 Å². The first kappa shape index (κ1) is 25.6. The Hall–Kier alpha value is -3.14. The highest BCUT2D eigenvalue weighted by atomic mass is 35.5. The predicted molar refractivity (Wildman–Crippen MR) is 158 cm³/mol. The van der Waals surface area contributed by atoms with Crippen molar-refractivity contribution in [3.8, 4) is 17.4 Å². The number of benzene rings is 2. The van der Waals surface area contributed by atoms with Crippen LogP contribution in [0.15, 0.2) is 42.6 Å². The molecule has 4 aromatic rings. The maximum atomic E-state index is 13.8. The molecule has 8 rings (SSSR count). The van der Waals surface area contributed by atoms with Crippen molar-refractivity contribution < 1.29 is 9.13 Å². The van der Waals surface area contributed by atoms with Crippen LogP contribution in [0.3, 0.4) is 0 Å². The summed E-state index contributed by atoms with van der Waals surface area (Å²) in [4.78, 5) is 24.1. The standard InChI is InChI=1S/C31H33ClFN7O/c32-25-6-2-4-19-3-1-5-23(26(19)25)27-34-13-24-28(36-27)37-30(38-29(24)40-15-21-7-8-22(16-40)35-21)41-18-31(10-11-31)17-39-12-9-20(33)14-39/h1-6,13,20-22,35H,7-12,14-18H2/t20-,21?,22?/m1/s1. The molecule has 4 fully saturated rings. The molecule has 0 spiro atoms. The van der Waals surface area contributed by atoms with Crippen molar-refractivity contribution in [2.24, 2.45) is 5.41 Å². The molecule has 10 heteroatoms. The largest absolute Gasteiger partial charge is 0.463 e. The molecular formula is C31H33ClFN7O. The van der Waals surface area contributed by atoms with E-state index in [1.165, 1.54) is 12.8 Å². The molecule has 1 N–H and O–H groups in total. The van der Waals surface area contributed by atoms with Crippen molar-refractivity contribution in [2.45, 2.75) is 50.4 Å². The summed E-state index contributed by atoms with van der Waals surface area (Å²) in [6.07, 6.45) is 6.28. The minimum Gasteiger partial charge on any atom is -0.463 e. The first-order chi connectivity index (χ1) is 20.0. The van der Waals surface area contributed by atoms with Gasteiger partial charge in [0.05, 0.1) is 12.0 Å². The van der Waals surface area contributed by atoms with Crippen molar-refractivity contribution in [1.29, 1.82) is 0 Å². The van der Waals surface area contributed by atoms with Crippen LogP contribution >= 0.6 is 11.6 Å². The highest BCUT2D eigenvalue weighted by Gasteiger charge is 2.46. The number of aromatic nitrogens is 4.